The molecule has 13 heavy (non-hydrogen) atoms. The molecule has 0 aliphatic rings. The summed E-state index contributed by atoms with van der Waals surface area (Å²) in [4.78, 5) is 0. The monoisotopic (exact) mass is 193 g/mol. The number of hydrogen-bond donors (Lipinski definition) is 1. The zero-order chi connectivity index (χ0) is 9.90. The summed E-state index contributed by atoms with van der Waals surface area (Å²) in [5.74, 6) is 0. The Hall–Kier alpha value is -0.603. The lowest BCUT2D eigenvalue weighted by molar-refractivity contribution is 0.889. The van der Waals surface area contributed by atoms with Gasteiger partial charge in [-0.15, -0.1) is 0 Å². The smallest absolute Gasteiger partial charge is 0.0537 e. The van der Waals surface area contributed by atoms with E-state index in [0.717, 1.165) is 6.54 Å². The lowest BCUT2D eigenvalue weighted by Gasteiger charge is -2.28. The molecule has 0 amide bonds. The SMILES string of the molecule is C[Si](C)(C)C(CN)c1ccccc1. The van der Waals surface area contributed by atoms with E-state index >= 15 is 0 Å². The summed E-state index contributed by atoms with van der Waals surface area (Å²) in [5.41, 5.74) is 7.82. The van der Waals surface area contributed by atoms with Gasteiger partial charge in [-0.3, -0.25) is 0 Å². The first kappa shape index (κ1) is 10.5. The molecule has 0 fully saturated rings. The minimum Gasteiger partial charge on any atom is -0.330 e. The van der Waals surface area contributed by atoms with E-state index in [4.69, 9.17) is 5.73 Å². The average molecular weight is 193 g/mol. The highest BCUT2D eigenvalue weighted by Crippen LogP contribution is 2.25. The Balaban J connectivity index is 2.92. The van der Waals surface area contributed by atoms with Crippen LogP contribution in [0.5, 0.6) is 0 Å². The van der Waals surface area contributed by atoms with Crippen molar-refractivity contribution in [1.82, 2.24) is 0 Å². The second-order valence-electron chi connectivity index (χ2n) is 4.56. The minimum atomic E-state index is -1.15. The molecule has 1 atom stereocenters. The van der Waals surface area contributed by atoms with Crippen LogP contribution in [0.4, 0.5) is 0 Å². The molecule has 0 aromatic heterocycles. The van der Waals surface area contributed by atoms with Gasteiger partial charge >= 0.3 is 0 Å². The Bertz CT molecular complexity index is 251. The van der Waals surface area contributed by atoms with Crippen LogP contribution in [0.1, 0.15) is 11.1 Å². The molecule has 0 radical (unpaired) electrons. The molecular weight excluding hydrogens is 174 g/mol. The van der Waals surface area contributed by atoms with Crippen LogP contribution < -0.4 is 5.73 Å². The molecule has 0 heterocycles. The van der Waals surface area contributed by atoms with E-state index in [1.807, 2.05) is 0 Å². The second kappa shape index (κ2) is 4.07. The van der Waals surface area contributed by atoms with Crippen LogP contribution in [0.15, 0.2) is 30.3 Å². The molecule has 2 N–H and O–H groups in total. The third-order valence-electron chi connectivity index (χ3n) is 2.48. The maximum absolute atomic E-state index is 5.83. The quantitative estimate of drug-likeness (QED) is 0.734. The van der Waals surface area contributed by atoms with Gasteiger partial charge in [-0.05, 0) is 17.6 Å². The molecule has 1 unspecified atom stereocenters. The van der Waals surface area contributed by atoms with Crippen LogP contribution in [-0.4, -0.2) is 14.6 Å². The fourth-order valence-corrected chi connectivity index (χ4v) is 3.57. The molecule has 1 rings (SSSR count). The molecule has 72 valence electrons. The Labute approximate surface area is 82.0 Å². The lowest BCUT2D eigenvalue weighted by Crippen LogP contribution is -2.36. The van der Waals surface area contributed by atoms with E-state index in [0.29, 0.717) is 5.54 Å². The van der Waals surface area contributed by atoms with Crippen LogP contribution in [0.3, 0.4) is 0 Å². The van der Waals surface area contributed by atoms with E-state index in [-0.39, 0.29) is 0 Å². The third-order valence-corrected chi connectivity index (χ3v) is 5.14. The largest absolute Gasteiger partial charge is 0.330 e. The number of nitrogens with two attached hydrogens (primary N) is 1. The molecule has 0 bridgehead atoms. The van der Waals surface area contributed by atoms with Crippen molar-refractivity contribution in [2.75, 3.05) is 6.54 Å². The Morgan fingerprint density at radius 2 is 1.69 bits per heavy atom. The molecule has 1 aromatic carbocycles. The first-order valence-electron chi connectivity index (χ1n) is 4.80. The summed E-state index contributed by atoms with van der Waals surface area (Å²) < 4.78 is 0. The molecule has 0 aliphatic carbocycles. The summed E-state index contributed by atoms with van der Waals surface area (Å²) in [6.07, 6.45) is 0. The van der Waals surface area contributed by atoms with Gasteiger partial charge in [0.2, 0.25) is 0 Å². The van der Waals surface area contributed by atoms with Crippen LogP contribution in [0, 0.1) is 0 Å². The second-order valence-corrected chi connectivity index (χ2v) is 9.99. The maximum Gasteiger partial charge on any atom is 0.0537 e. The first-order chi connectivity index (χ1) is 6.05. The Morgan fingerprint density at radius 1 is 1.15 bits per heavy atom. The van der Waals surface area contributed by atoms with Crippen molar-refractivity contribution in [2.45, 2.75) is 25.2 Å². The Kier molecular flexibility index (Phi) is 3.28. The molecule has 0 aliphatic heterocycles. The third kappa shape index (κ3) is 2.67. The van der Waals surface area contributed by atoms with Crippen molar-refractivity contribution in [2.24, 2.45) is 5.73 Å². The van der Waals surface area contributed by atoms with Crippen molar-refractivity contribution in [3.63, 3.8) is 0 Å². The van der Waals surface area contributed by atoms with E-state index in [2.05, 4.69) is 50.0 Å². The number of benzene rings is 1. The highest BCUT2D eigenvalue weighted by molar-refractivity contribution is 6.77. The molecule has 1 nitrogen and oxygen atoms in total. The predicted molar refractivity (Wildman–Crippen MR) is 61.6 cm³/mol. The summed E-state index contributed by atoms with van der Waals surface area (Å²) in [7, 11) is -1.15. The van der Waals surface area contributed by atoms with Crippen LogP contribution >= 0.6 is 0 Å². The van der Waals surface area contributed by atoms with Crippen molar-refractivity contribution < 1.29 is 0 Å². The van der Waals surface area contributed by atoms with Crippen LogP contribution in [0.25, 0.3) is 0 Å². The zero-order valence-corrected chi connectivity index (χ0v) is 9.75. The lowest BCUT2D eigenvalue weighted by atomic mass is 10.1. The molecule has 2 heteroatoms. The summed E-state index contributed by atoms with van der Waals surface area (Å²) >= 11 is 0. The molecule has 0 saturated heterocycles. The zero-order valence-electron chi connectivity index (χ0n) is 8.75. The van der Waals surface area contributed by atoms with Crippen molar-refractivity contribution in [3.05, 3.63) is 35.9 Å². The average Bonchev–Trinajstić information content (AvgIpc) is 2.05. The summed E-state index contributed by atoms with van der Waals surface area (Å²) in [5, 5.41) is 0. The molecule has 0 saturated carbocycles. The van der Waals surface area contributed by atoms with Gasteiger partial charge in [-0.1, -0.05) is 50.0 Å². The maximum atomic E-state index is 5.83. The summed E-state index contributed by atoms with van der Waals surface area (Å²) in [6.45, 7) is 7.90. The van der Waals surface area contributed by atoms with Gasteiger partial charge in [-0.25, -0.2) is 0 Å². The first-order valence-corrected chi connectivity index (χ1v) is 8.38. The highest BCUT2D eigenvalue weighted by Gasteiger charge is 2.26. The minimum absolute atomic E-state index is 0.591. The van der Waals surface area contributed by atoms with Crippen LogP contribution in [-0.2, 0) is 0 Å². The van der Waals surface area contributed by atoms with E-state index in [1.165, 1.54) is 5.56 Å². The number of hydrogen-bond acceptors (Lipinski definition) is 1. The standard InChI is InChI=1S/C11H19NSi/c1-13(2,3)11(9-12)10-7-5-4-6-8-10/h4-8,11H,9,12H2,1-3H3. The molecule has 1 aromatic rings. The predicted octanol–water partition coefficient (Wildman–Crippen LogP) is 2.61. The van der Waals surface area contributed by atoms with Crippen molar-refractivity contribution in [3.8, 4) is 0 Å². The van der Waals surface area contributed by atoms with Crippen LogP contribution in [0.2, 0.25) is 19.6 Å². The highest BCUT2D eigenvalue weighted by atomic mass is 28.3. The van der Waals surface area contributed by atoms with Gasteiger partial charge in [-0.2, -0.15) is 0 Å². The Morgan fingerprint density at radius 3 is 2.08 bits per heavy atom. The number of rotatable bonds is 3. The van der Waals surface area contributed by atoms with E-state index in [9.17, 15) is 0 Å². The molecule has 0 spiro atoms. The molecular formula is C11H19NSi. The van der Waals surface area contributed by atoms with Gasteiger partial charge in [0.05, 0.1) is 8.07 Å². The topological polar surface area (TPSA) is 26.0 Å². The fourth-order valence-electron chi connectivity index (χ4n) is 1.67. The van der Waals surface area contributed by atoms with Gasteiger partial charge in [0.1, 0.15) is 0 Å². The van der Waals surface area contributed by atoms with Crippen molar-refractivity contribution in [1.29, 1.82) is 0 Å². The van der Waals surface area contributed by atoms with Gasteiger partial charge < -0.3 is 5.73 Å². The van der Waals surface area contributed by atoms with E-state index < -0.39 is 8.07 Å². The van der Waals surface area contributed by atoms with Gasteiger partial charge in [0.25, 0.3) is 0 Å². The van der Waals surface area contributed by atoms with Gasteiger partial charge in [0.15, 0.2) is 0 Å². The van der Waals surface area contributed by atoms with Gasteiger partial charge in [0, 0.05) is 0 Å². The fraction of sp³-hybridized carbons (Fsp3) is 0.455. The summed E-state index contributed by atoms with van der Waals surface area (Å²) in [6, 6.07) is 10.6. The normalized spacial score (nSPS) is 14.2. The van der Waals surface area contributed by atoms with Crippen molar-refractivity contribution >= 4 is 8.07 Å². The van der Waals surface area contributed by atoms with E-state index in [1.54, 1.807) is 0 Å².